The summed E-state index contributed by atoms with van der Waals surface area (Å²) in [6, 6.07) is 15.5. The van der Waals surface area contributed by atoms with Gasteiger partial charge in [0.2, 0.25) is 5.78 Å². The van der Waals surface area contributed by atoms with E-state index < -0.39 is 29.0 Å². The maximum atomic E-state index is 13.4. The van der Waals surface area contributed by atoms with Crippen LogP contribution in [-0.4, -0.2) is 68.8 Å². The summed E-state index contributed by atoms with van der Waals surface area (Å²) in [5, 5.41) is 7.20. The van der Waals surface area contributed by atoms with E-state index in [0.717, 1.165) is 22.9 Å². The summed E-state index contributed by atoms with van der Waals surface area (Å²) in [6.45, 7) is 5.86. The molecule has 3 aromatic heterocycles. The molecular weight excluding hydrogens is 628 g/mol. The van der Waals surface area contributed by atoms with Gasteiger partial charge in [-0.15, -0.1) is 0 Å². The van der Waals surface area contributed by atoms with Crippen molar-refractivity contribution in [1.82, 2.24) is 19.9 Å². The maximum Gasteiger partial charge on any atom is 0.414 e. The average molecular weight is 661 g/mol. The van der Waals surface area contributed by atoms with Crippen LogP contribution in [-0.2, 0) is 14.9 Å². The van der Waals surface area contributed by atoms with Crippen LogP contribution in [0.4, 0.5) is 16.2 Å². The maximum absolute atomic E-state index is 13.4. The number of aromatic nitrogens is 3. The quantitative estimate of drug-likeness (QED) is 0.147. The highest BCUT2D eigenvalue weighted by Gasteiger charge is 2.68. The van der Waals surface area contributed by atoms with Gasteiger partial charge in [0.05, 0.1) is 12.8 Å². The van der Waals surface area contributed by atoms with Crippen molar-refractivity contribution in [3.05, 3.63) is 94.7 Å². The molecule has 1 saturated heterocycles. The first-order chi connectivity index (χ1) is 23.3. The number of aromatic amines is 3. The van der Waals surface area contributed by atoms with Gasteiger partial charge in [0, 0.05) is 56.9 Å². The molecule has 2 aromatic carbocycles. The average Bonchev–Trinajstić information content (AvgIpc) is 3.53. The van der Waals surface area contributed by atoms with Crippen LogP contribution in [0.3, 0.4) is 0 Å². The van der Waals surface area contributed by atoms with Crippen molar-refractivity contribution in [1.29, 1.82) is 0 Å². The van der Waals surface area contributed by atoms with E-state index in [1.807, 2.05) is 0 Å². The van der Waals surface area contributed by atoms with Gasteiger partial charge >= 0.3 is 12.1 Å². The highest BCUT2D eigenvalue weighted by Crippen LogP contribution is 2.66. The van der Waals surface area contributed by atoms with E-state index in [1.165, 1.54) is 13.2 Å². The lowest BCUT2D eigenvalue weighted by molar-refractivity contribution is 0.0321. The number of likely N-dealkylation sites (tertiary alicyclic amines) is 1. The summed E-state index contributed by atoms with van der Waals surface area (Å²) in [5.41, 5.74) is 3.89. The number of hydrogen-bond acceptors (Lipinski definition) is 7. The van der Waals surface area contributed by atoms with E-state index in [2.05, 4.69) is 25.6 Å². The van der Waals surface area contributed by atoms with Gasteiger partial charge in [0.15, 0.2) is 0 Å². The van der Waals surface area contributed by atoms with Gasteiger partial charge in [-0.3, -0.25) is 19.3 Å². The van der Waals surface area contributed by atoms with Crippen molar-refractivity contribution in [2.45, 2.75) is 38.2 Å². The number of nitrogens with zero attached hydrogens (tertiary/aromatic N) is 1. The molecule has 8 rings (SSSR count). The molecule has 5 N–H and O–H groups in total. The minimum Gasteiger partial charge on any atom is -0.464 e. The second kappa shape index (κ2) is 10.4. The van der Waals surface area contributed by atoms with Gasteiger partial charge in [-0.05, 0) is 93.3 Å². The predicted molar refractivity (Wildman–Crippen MR) is 180 cm³/mol. The molecule has 3 aliphatic rings. The molecule has 0 radical (unpaired) electrons. The van der Waals surface area contributed by atoms with Gasteiger partial charge in [0.25, 0.3) is 11.8 Å². The Morgan fingerprint density at radius 3 is 2.04 bits per heavy atom. The first-order valence-electron chi connectivity index (χ1n) is 15.8. The number of carbonyl (C=O) groups is 5. The van der Waals surface area contributed by atoms with E-state index in [0.29, 0.717) is 51.6 Å². The molecule has 0 bridgehead atoms. The van der Waals surface area contributed by atoms with Gasteiger partial charge in [-0.25, -0.2) is 9.59 Å². The third-order valence-electron chi connectivity index (χ3n) is 9.33. The smallest absolute Gasteiger partial charge is 0.414 e. The van der Waals surface area contributed by atoms with Gasteiger partial charge in [0.1, 0.15) is 22.7 Å². The number of carbonyl (C=O) groups excluding carboxylic acids is 5. The zero-order chi connectivity index (χ0) is 34.4. The third kappa shape index (κ3) is 4.96. The monoisotopic (exact) mass is 660 g/mol. The molecular formula is C36H32N6O7. The Morgan fingerprint density at radius 1 is 0.837 bits per heavy atom. The van der Waals surface area contributed by atoms with Crippen LogP contribution < -0.4 is 10.6 Å². The SMILES string of the molecule is COC(=O)c1cc2cc(NC(=O)c3cc4cc(NC(=O)c5cc6c([nH]5)C(=O)C=C5N(C(=O)OC(C)(C)C)C[C@H]7C[C@]567)ccc4[nH]3)ccc2[nH]1. The number of anilines is 2. The van der Waals surface area contributed by atoms with Gasteiger partial charge < -0.3 is 35.1 Å². The first kappa shape index (κ1) is 30.2. The molecule has 13 nitrogen and oxygen atoms in total. The fraction of sp³-hybridized carbons (Fsp3) is 0.250. The van der Waals surface area contributed by atoms with Crippen LogP contribution in [0.2, 0.25) is 0 Å². The number of piperidine rings is 1. The number of ether oxygens (including phenoxy) is 2. The molecule has 1 aliphatic heterocycles. The fourth-order valence-electron chi connectivity index (χ4n) is 7.07. The molecule has 1 spiro atoms. The minimum absolute atomic E-state index is 0.142. The van der Waals surface area contributed by atoms with E-state index in [4.69, 9.17) is 9.47 Å². The van der Waals surface area contributed by atoms with E-state index >= 15 is 0 Å². The third-order valence-corrected chi connectivity index (χ3v) is 9.33. The Kier molecular flexibility index (Phi) is 6.45. The number of allylic oxidation sites excluding steroid dienone is 2. The molecule has 2 atom stereocenters. The Bertz CT molecular complexity index is 2320. The Morgan fingerprint density at radius 2 is 1.43 bits per heavy atom. The van der Waals surface area contributed by atoms with Crippen molar-refractivity contribution < 1.29 is 33.4 Å². The number of amides is 3. The number of H-pyrrole nitrogens is 3. The Labute approximate surface area is 279 Å². The summed E-state index contributed by atoms with van der Waals surface area (Å²) in [7, 11) is 1.31. The summed E-state index contributed by atoms with van der Waals surface area (Å²) in [4.78, 5) is 75.2. The summed E-state index contributed by atoms with van der Waals surface area (Å²) in [5.74, 6) is -1.43. The minimum atomic E-state index is -0.670. The number of ketones is 1. The Balaban J connectivity index is 0.975. The summed E-state index contributed by atoms with van der Waals surface area (Å²) >= 11 is 0. The van der Waals surface area contributed by atoms with Gasteiger partial charge in [-0.2, -0.15) is 0 Å². The lowest BCUT2D eigenvalue weighted by Crippen LogP contribution is -2.37. The normalized spacial score (nSPS) is 19.2. The molecule has 49 heavy (non-hydrogen) atoms. The van der Waals surface area contributed by atoms with Crippen LogP contribution in [0.1, 0.15) is 74.7 Å². The van der Waals surface area contributed by atoms with Crippen LogP contribution in [0, 0.1) is 5.92 Å². The van der Waals surface area contributed by atoms with E-state index in [-0.39, 0.29) is 23.3 Å². The van der Waals surface area contributed by atoms with E-state index in [1.54, 1.807) is 80.3 Å². The second-order valence-electron chi connectivity index (χ2n) is 13.7. The zero-order valence-electron chi connectivity index (χ0n) is 27.1. The van der Waals surface area contributed by atoms with Crippen molar-refractivity contribution in [3.8, 4) is 0 Å². The number of fused-ring (bicyclic) bond motifs is 3. The van der Waals surface area contributed by atoms with Crippen molar-refractivity contribution in [2.75, 3.05) is 24.3 Å². The molecule has 13 heteroatoms. The number of nitrogens with one attached hydrogen (secondary N) is 5. The number of esters is 1. The number of benzene rings is 2. The molecule has 0 unspecified atom stereocenters. The highest BCUT2D eigenvalue weighted by atomic mass is 16.6. The molecule has 248 valence electrons. The molecule has 3 amide bonds. The van der Waals surface area contributed by atoms with Crippen LogP contribution >= 0.6 is 0 Å². The van der Waals surface area contributed by atoms with Gasteiger partial charge in [-0.1, -0.05) is 0 Å². The standard InChI is InChI=1S/C36H32N6O7/c1-35(2,3)49-34(47)42-16-19-15-36(19)22-13-26(41-30(22)28(43)14-29(36)42)32(45)38-20-5-7-23-17(9-20)11-25(39-23)31(44)37-21-6-8-24-18(10-21)12-27(40-24)33(46)48-4/h5-14,19,39-41H,15-16H2,1-4H3,(H,37,44)(H,38,45)/t19-,36-/m1/s1. The number of hydrogen-bond donors (Lipinski definition) is 5. The summed E-state index contributed by atoms with van der Waals surface area (Å²) in [6.07, 6.45) is 1.79. The number of rotatable bonds is 5. The predicted octanol–water partition coefficient (Wildman–Crippen LogP) is 5.86. The molecule has 2 aliphatic carbocycles. The lowest BCUT2D eigenvalue weighted by atomic mass is 9.85. The lowest BCUT2D eigenvalue weighted by Gasteiger charge is -2.30. The Hall–Kier alpha value is -6.11. The topological polar surface area (TPSA) is 178 Å². The summed E-state index contributed by atoms with van der Waals surface area (Å²) < 4.78 is 10.4. The van der Waals surface area contributed by atoms with E-state index in [9.17, 15) is 24.0 Å². The first-order valence-corrected chi connectivity index (χ1v) is 15.8. The largest absolute Gasteiger partial charge is 0.464 e. The van der Waals surface area contributed by atoms with Crippen LogP contribution in [0.5, 0.6) is 0 Å². The highest BCUT2D eigenvalue weighted by molar-refractivity contribution is 6.11. The van der Waals surface area contributed by atoms with Crippen LogP contribution in [0.15, 0.2) is 66.4 Å². The van der Waals surface area contributed by atoms with Crippen molar-refractivity contribution in [3.63, 3.8) is 0 Å². The number of methoxy groups -OCH3 is 1. The zero-order valence-corrected chi connectivity index (χ0v) is 27.1. The molecule has 5 aromatic rings. The molecule has 2 fully saturated rings. The van der Waals surface area contributed by atoms with Crippen LogP contribution in [0.25, 0.3) is 21.8 Å². The second-order valence-corrected chi connectivity index (χ2v) is 13.7. The molecule has 4 heterocycles. The van der Waals surface area contributed by atoms with Crippen molar-refractivity contribution in [2.24, 2.45) is 5.92 Å². The van der Waals surface area contributed by atoms with Crippen molar-refractivity contribution >= 4 is 62.8 Å². The fourth-order valence-corrected chi connectivity index (χ4v) is 7.07. The molecule has 1 saturated carbocycles.